The standard InChI is InChI=1S/C12H11BrF2O/c13-10(12(16)7-1-2-7)6-8-5-9(14)3-4-11(8)15/h3-5,7,10H,1-2,6H2. The molecule has 0 aromatic heterocycles. The van der Waals surface area contributed by atoms with Crippen molar-refractivity contribution in [3.8, 4) is 0 Å². The van der Waals surface area contributed by atoms with Crippen molar-refractivity contribution in [1.29, 1.82) is 0 Å². The second-order valence-corrected chi connectivity index (χ2v) is 5.19. The van der Waals surface area contributed by atoms with Crippen molar-refractivity contribution < 1.29 is 13.6 Å². The fourth-order valence-corrected chi connectivity index (χ4v) is 2.34. The van der Waals surface area contributed by atoms with Crippen molar-refractivity contribution in [2.45, 2.75) is 24.1 Å². The van der Waals surface area contributed by atoms with E-state index in [1.807, 2.05) is 0 Å². The third-order valence-corrected chi connectivity index (χ3v) is 3.47. The number of hydrogen-bond donors (Lipinski definition) is 0. The van der Waals surface area contributed by atoms with Crippen LogP contribution >= 0.6 is 15.9 Å². The van der Waals surface area contributed by atoms with Crippen molar-refractivity contribution >= 4 is 21.7 Å². The number of halogens is 3. The highest BCUT2D eigenvalue weighted by molar-refractivity contribution is 9.10. The molecule has 1 nitrogen and oxygen atoms in total. The summed E-state index contributed by atoms with van der Waals surface area (Å²) in [6, 6.07) is 3.31. The summed E-state index contributed by atoms with van der Waals surface area (Å²) in [6.07, 6.45) is 2.05. The largest absolute Gasteiger partial charge is 0.298 e. The van der Waals surface area contributed by atoms with E-state index in [1.54, 1.807) is 0 Å². The minimum atomic E-state index is -0.477. The molecule has 0 radical (unpaired) electrons. The molecular formula is C12H11BrF2O. The molecule has 0 saturated heterocycles. The topological polar surface area (TPSA) is 17.1 Å². The van der Waals surface area contributed by atoms with Gasteiger partial charge in [-0.25, -0.2) is 8.78 Å². The van der Waals surface area contributed by atoms with Crippen LogP contribution < -0.4 is 0 Å². The molecule has 1 unspecified atom stereocenters. The van der Waals surface area contributed by atoms with Gasteiger partial charge < -0.3 is 0 Å². The van der Waals surface area contributed by atoms with Crippen LogP contribution in [0, 0.1) is 17.6 Å². The molecule has 1 aromatic rings. The Bertz CT molecular complexity index is 415. The Morgan fingerprint density at radius 2 is 2.12 bits per heavy atom. The van der Waals surface area contributed by atoms with Crippen molar-refractivity contribution in [3.05, 3.63) is 35.4 Å². The predicted octanol–water partition coefficient (Wildman–Crippen LogP) is 3.25. The summed E-state index contributed by atoms with van der Waals surface area (Å²) in [7, 11) is 0. The molecule has 1 aliphatic rings. The number of carbonyl (C=O) groups is 1. The van der Waals surface area contributed by atoms with Gasteiger partial charge >= 0.3 is 0 Å². The molecule has 1 aliphatic carbocycles. The predicted molar refractivity (Wildman–Crippen MR) is 60.5 cm³/mol. The van der Waals surface area contributed by atoms with Gasteiger partial charge in [0.25, 0.3) is 0 Å². The Morgan fingerprint density at radius 1 is 1.44 bits per heavy atom. The maximum Gasteiger partial charge on any atom is 0.149 e. The molecule has 0 bridgehead atoms. The van der Waals surface area contributed by atoms with Gasteiger partial charge in [0.1, 0.15) is 17.4 Å². The lowest BCUT2D eigenvalue weighted by molar-refractivity contribution is -0.119. The van der Waals surface area contributed by atoms with Crippen molar-refractivity contribution in [3.63, 3.8) is 0 Å². The fourth-order valence-electron chi connectivity index (χ4n) is 1.62. The van der Waals surface area contributed by atoms with Crippen molar-refractivity contribution in [2.75, 3.05) is 0 Å². The van der Waals surface area contributed by atoms with E-state index in [4.69, 9.17) is 0 Å². The van der Waals surface area contributed by atoms with E-state index in [1.165, 1.54) is 0 Å². The highest BCUT2D eigenvalue weighted by Gasteiger charge is 2.33. The average molecular weight is 289 g/mol. The number of alkyl halides is 1. The van der Waals surface area contributed by atoms with Crippen LogP contribution in [-0.2, 0) is 11.2 Å². The quantitative estimate of drug-likeness (QED) is 0.778. The second-order valence-electron chi connectivity index (χ2n) is 4.08. The first kappa shape index (κ1) is 11.7. The molecule has 1 fully saturated rings. The first-order valence-corrected chi connectivity index (χ1v) is 6.11. The molecule has 86 valence electrons. The van der Waals surface area contributed by atoms with Crippen LogP contribution in [0.4, 0.5) is 8.78 Å². The summed E-state index contributed by atoms with van der Waals surface area (Å²) in [4.78, 5) is 11.2. The molecule has 0 aliphatic heterocycles. The molecule has 0 spiro atoms. The Balaban J connectivity index is 2.07. The molecule has 0 heterocycles. The average Bonchev–Trinajstić information content (AvgIpc) is 3.06. The summed E-state index contributed by atoms with van der Waals surface area (Å²) in [5.74, 6) is -0.714. The number of carbonyl (C=O) groups excluding carboxylic acids is 1. The van der Waals surface area contributed by atoms with E-state index >= 15 is 0 Å². The van der Waals surface area contributed by atoms with E-state index in [0.29, 0.717) is 0 Å². The van der Waals surface area contributed by atoms with Crippen LogP contribution in [0.3, 0.4) is 0 Å². The lowest BCUT2D eigenvalue weighted by Crippen LogP contribution is -2.19. The molecule has 2 rings (SSSR count). The minimum Gasteiger partial charge on any atom is -0.298 e. The number of rotatable bonds is 4. The Kier molecular flexibility index (Phi) is 3.38. The lowest BCUT2D eigenvalue weighted by atomic mass is 10.0. The fraction of sp³-hybridized carbons (Fsp3) is 0.417. The first-order valence-electron chi connectivity index (χ1n) is 5.19. The maximum atomic E-state index is 13.3. The normalized spacial score (nSPS) is 17.2. The van der Waals surface area contributed by atoms with E-state index < -0.39 is 16.5 Å². The van der Waals surface area contributed by atoms with E-state index in [-0.39, 0.29) is 23.7 Å². The van der Waals surface area contributed by atoms with Crippen LogP contribution in [0.2, 0.25) is 0 Å². The summed E-state index contributed by atoms with van der Waals surface area (Å²) >= 11 is 3.24. The maximum absolute atomic E-state index is 13.3. The summed E-state index contributed by atoms with van der Waals surface area (Å²) in [5.41, 5.74) is 0.246. The molecule has 0 N–H and O–H groups in total. The van der Waals surface area contributed by atoms with Gasteiger partial charge in [-0.1, -0.05) is 15.9 Å². The molecular weight excluding hydrogens is 278 g/mol. The van der Waals surface area contributed by atoms with Gasteiger partial charge in [0.2, 0.25) is 0 Å². The smallest absolute Gasteiger partial charge is 0.149 e. The van der Waals surface area contributed by atoms with E-state index in [2.05, 4.69) is 15.9 Å². The van der Waals surface area contributed by atoms with Gasteiger partial charge in [-0.05, 0) is 43.0 Å². The molecule has 16 heavy (non-hydrogen) atoms. The van der Waals surface area contributed by atoms with Crippen LogP contribution in [0.1, 0.15) is 18.4 Å². The zero-order chi connectivity index (χ0) is 11.7. The number of hydrogen-bond acceptors (Lipinski definition) is 1. The molecule has 1 atom stereocenters. The SMILES string of the molecule is O=C(C(Br)Cc1cc(F)ccc1F)C1CC1. The van der Waals surface area contributed by atoms with Crippen molar-refractivity contribution in [1.82, 2.24) is 0 Å². The molecule has 0 amide bonds. The summed E-state index contributed by atoms with van der Waals surface area (Å²) in [5, 5.41) is 0. The Morgan fingerprint density at radius 3 is 2.75 bits per heavy atom. The van der Waals surface area contributed by atoms with Gasteiger partial charge in [-0.15, -0.1) is 0 Å². The van der Waals surface area contributed by atoms with Gasteiger partial charge in [-0.3, -0.25) is 4.79 Å². The zero-order valence-electron chi connectivity index (χ0n) is 8.55. The van der Waals surface area contributed by atoms with Crippen LogP contribution in [0.15, 0.2) is 18.2 Å². The number of benzene rings is 1. The highest BCUT2D eigenvalue weighted by atomic mass is 79.9. The third-order valence-electron chi connectivity index (χ3n) is 2.70. The number of ketones is 1. The van der Waals surface area contributed by atoms with Gasteiger partial charge in [0.05, 0.1) is 4.83 Å². The molecule has 1 aromatic carbocycles. The van der Waals surface area contributed by atoms with Crippen LogP contribution in [0.25, 0.3) is 0 Å². The van der Waals surface area contributed by atoms with E-state index in [0.717, 1.165) is 31.0 Å². The van der Waals surface area contributed by atoms with Gasteiger partial charge in [0, 0.05) is 5.92 Å². The Hall–Kier alpha value is -0.770. The Labute approximate surface area is 101 Å². The molecule has 4 heteroatoms. The van der Waals surface area contributed by atoms with Crippen molar-refractivity contribution in [2.24, 2.45) is 5.92 Å². The number of Topliss-reactive ketones (excluding diaryl/α,β-unsaturated/α-hetero) is 1. The van der Waals surface area contributed by atoms with Gasteiger partial charge in [0.15, 0.2) is 0 Å². The zero-order valence-corrected chi connectivity index (χ0v) is 10.1. The minimum absolute atomic E-state index is 0.101. The first-order chi connectivity index (χ1) is 7.58. The second kappa shape index (κ2) is 4.62. The van der Waals surface area contributed by atoms with Gasteiger partial charge in [-0.2, -0.15) is 0 Å². The summed E-state index contributed by atoms with van der Waals surface area (Å²) < 4.78 is 26.2. The highest BCUT2D eigenvalue weighted by Crippen LogP contribution is 2.33. The van der Waals surface area contributed by atoms with E-state index in [9.17, 15) is 13.6 Å². The monoisotopic (exact) mass is 288 g/mol. The van der Waals surface area contributed by atoms with Crippen LogP contribution in [-0.4, -0.2) is 10.6 Å². The summed E-state index contributed by atoms with van der Waals surface area (Å²) in [6.45, 7) is 0. The van der Waals surface area contributed by atoms with Crippen LogP contribution in [0.5, 0.6) is 0 Å². The third kappa shape index (κ3) is 2.67. The lowest BCUT2D eigenvalue weighted by Gasteiger charge is -2.09. The molecule has 1 saturated carbocycles.